The average molecular weight is 431 g/mol. The molecule has 1 N–H and O–H groups in total. The van der Waals surface area contributed by atoms with Gasteiger partial charge < -0.3 is 14.3 Å². The number of aryl methyl sites for hydroxylation is 1. The molecule has 0 radical (unpaired) electrons. The van der Waals surface area contributed by atoms with E-state index in [1.165, 1.54) is 4.90 Å². The zero-order chi connectivity index (χ0) is 23.0. The van der Waals surface area contributed by atoms with Crippen LogP contribution in [0, 0.1) is 6.92 Å². The number of carbonyl (C=O) groups is 2. The molecule has 4 rings (SSSR count). The lowest BCUT2D eigenvalue weighted by Gasteiger charge is -2.23. The number of hydrogen-bond donors (Lipinski definition) is 1. The first-order chi connectivity index (χ1) is 15.3. The molecule has 0 saturated carbocycles. The Bertz CT molecular complexity index is 1210. The lowest BCUT2D eigenvalue weighted by Crippen LogP contribution is -2.29. The fraction of sp³-hybridized carbons (Fsp3) is 0.231. The van der Waals surface area contributed by atoms with Crippen LogP contribution in [0.25, 0.3) is 5.76 Å². The molecule has 2 aromatic carbocycles. The van der Waals surface area contributed by atoms with Crippen LogP contribution >= 0.6 is 0 Å². The molecule has 6 nitrogen and oxygen atoms in total. The summed E-state index contributed by atoms with van der Waals surface area (Å²) in [6.45, 7) is 5.82. The smallest absolute Gasteiger partial charge is 0.300 e. The Morgan fingerprint density at radius 3 is 2.38 bits per heavy atom. The number of carbonyl (C=O) groups excluding carboxylic acids is 2. The van der Waals surface area contributed by atoms with Gasteiger partial charge in [-0.3, -0.25) is 14.5 Å². The Morgan fingerprint density at radius 2 is 1.78 bits per heavy atom. The third kappa shape index (κ3) is 3.58. The van der Waals surface area contributed by atoms with Gasteiger partial charge in [0, 0.05) is 11.3 Å². The van der Waals surface area contributed by atoms with Crippen molar-refractivity contribution < 1.29 is 23.8 Å². The van der Waals surface area contributed by atoms with Gasteiger partial charge in [-0.15, -0.1) is 0 Å². The number of rotatable bonds is 5. The minimum atomic E-state index is -0.879. The second-order valence-corrected chi connectivity index (χ2v) is 8.06. The fourth-order valence-corrected chi connectivity index (χ4v) is 4.05. The first-order valence-corrected chi connectivity index (χ1v) is 10.4. The number of nitrogens with zero attached hydrogens (tertiary/aromatic N) is 1. The number of para-hydroxylation sites is 1. The molecule has 164 valence electrons. The molecule has 2 heterocycles. The number of anilines is 1. The third-order valence-electron chi connectivity index (χ3n) is 5.63. The third-order valence-corrected chi connectivity index (χ3v) is 5.63. The van der Waals surface area contributed by atoms with Crippen molar-refractivity contribution in [3.8, 4) is 5.75 Å². The summed E-state index contributed by atoms with van der Waals surface area (Å²) in [6, 6.07) is 16.7. The van der Waals surface area contributed by atoms with Crippen LogP contribution in [0.15, 0.2) is 70.7 Å². The van der Waals surface area contributed by atoms with E-state index < -0.39 is 17.7 Å². The average Bonchev–Trinajstić information content (AvgIpc) is 3.34. The molecule has 3 aromatic rings. The second kappa shape index (κ2) is 8.38. The molecule has 32 heavy (non-hydrogen) atoms. The largest absolute Gasteiger partial charge is 0.507 e. The number of aliphatic hydroxyl groups is 1. The second-order valence-electron chi connectivity index (χ2n) is 8.06. The molecule has 1 aliphatic rings. The van der Waals surface area contributed by atoms with Crippen LogP contribution < -0.4 is 9.64 Å². The van der Waals surface area contributed by atoms with Crippen molar-refractivity contribution in [2.75, 3.05) is 12.0 Å². The summed E-state index contributed by atoms with van der Waals surface area (Å²) in [7, 11) is 1.59. The summed E-state index contributed by atoms with van der Waals surface area (Å²) in [4.78, 5) is 27.6. The highest BCUT2D eigenvalue weighted by atomic mass is 16.5. The van der Waals surface area contributed by atoms with Gasteiger partial charge in [0.2, 0.25) is 0 Å². The zero-order valence-electron chi connectivity index (χ0n) is 18.5. The number of benzene rings is 2. The van der Waals surface area contributed by atoms with Crippen molar-refractivity contribution in [1.29, 1.82) is 0 Å². The molecule has 1 fully saturated rings. The maximum Gasteiger partial charge on any atom is 0.300 e. The standard InChI is InChI=1S/C26H25NO5/c1-15(2)19-14-17(11-13-20(19)31-4)24(28)22-23(21-12-10-16(3)32-21)27(26(30)25(22)29)18-8-6-5-7-9-18/h5-15,23,28H,1-4H3/b24-22-. The van der Waals surface area contributed by atoms with Crippen LogP contribution in [0.5, 0.6) is 5.75 Å². The molecular formula is C26H25NO5. The Hall–Kier alpha value is -3.80. The number of ketones is 1. The highest BCUT2D eigenvalue weighted by Crippen LogP contribution is 2.43. The number of methoxy groups -OCH3 is 1. The maximum atomic E-state index is 13.2. The lowest BCUT2D eigenvalue weighted by molar-refractivity contribution is -0.132. The Labute approximate surface area is 186 Å². The Morgan fingerprint density at radius 1 is 1.06 bits per heavy atom. The molecule has 1 aliphatic heterocycles. The van der Waals surface area contributed by atoms with Gasteiger partial charge in [-0.25, -0.2) is 0 Å². The predicted molar refractivity (Wildman–Crippen MR) is 122 cm³/mol. The van der Waals surface area contributed by atoms with Crippen molar-refractivity contribution in [3.63, 3.8) is 0 Å². The molecular weight excluding hydrogens is 406 g/mol. The summed E-state index contributed by atoms with van der Waals surface area (Å²) < 4.78 is 11.3. The Balaban J connectivity index is 1.93. The molecule has 0 aliphatic carbocycles. The molecule has 6 heteroatoms. The van der Waals surface area contributed by atoms with Crippen molar-refractivity contribution in [3.05, 3.63) is 88.9 Å². The van der Waals surface area contributed by atoms with Crippen LogP contribution in [0.4, 0.5) is 5.69 Å². The van der Waals surface area contributed by atoms with Crippen molar-refractivity contribution >= 4 is 23.1 Å². The van der Waals surface area contributed by atoms with Crippen LogP contribution in [0.2, 0.25) is 0 Å². The van der Waals surface area contributed by atoms with Crippen LogP contribution in [0.1, 0.15) is 48.5 Å². The van der Waals surface area contributed by atoms with E-state index >= 15 is 0 Å². The minimum Gasteiger partial charge on any atom is -0.507 e. The number of amides is 1. The number of aliphatic hydroxyl groups excluding tert-OH is 1. The summed E-state index contributed by atoms with van der Waals surface area (Å²) in [5.41, 5.74) is 1.87. The minimum absolute atomic E-state index is 0.00641. The summed E-state index contributed by atoms with van der Waals surface area (Å²) in [5.74, 6) is 0.162. The highest BCUT2D eigenvalue weighted by molar-refractivity contribution is 6.51. The normalized spacial score (nSPS) is 17.9. The molecule has 1 amide bonds. The fourth-order valence-electron chi connectivity index (χ4n) is 4.05. The van der Waals surface area contributed by atoms with Gasteiger partial charge in [0.1, 0.15) is 29.1 Å². The van der Waals surface area contributed by atoms with Crippen molar-refractivity contribution in [2.45, 2.75) is 32.7 Å². The van der Waals surface area contributed by atoms with Crippen LogP contribution in [-0.4, -0.2) is 23.9 Å². The highest BCUT2D eigenvalue weighted by Gasteiger charge is 2.48. The van der Waals surface area contributed by atoms with Crippen molar-refractivity contribution in [1.82, 2.24) is 0 Å². The SMILES string of the molecule is COc1ccc(/C(O)=C2/C(=O)C(=O)N(c3ccccc3)C2c2ccc(C)o2)cc1C(C)C. The van der Waals surface area contributed by atoms with E-state index in [0.29, 0.717) is 28.5 Å². The van der Waals surface area contributed by atoms with E-state index in [9.17, 15) is 14.7 Å². The van der Waals surface area contributed by atoms with E-state index in [0.717, 1.165) is 5.56 Å². The van der Waals surface area contributed by atoms with Gasteiger partial charge in [-0.05, 0) is 60.9 Å². The zero-order valence-corrected chi connectivity index (χ0v) is 18.5. The van der Waals surface area contributed by atoms with E-state index in [4.69, 9.17) is 9.15 Å². The van der Waals surface area contributed by atoms with Crippen LogP contribution in [0.3, 0.4) is 0 Å². The van der Waals surface area contributed by atoms with E-state index in [2.05, 4.69) is 0 Å². The van der Waals surface area contributed by atoms with E-state index in [-0.39, 0.29) is 17.3 Å². The van der Waals surface area contributed by atoms with Crippen molar-refractivity contribution in [2.24, 2.45) is 0 Å². The summed E-state index contributed by atoms with van der Waals surface area (Å²) in [5, 5.41) is 11.3. The predicted octanol–water partition coefficient (Wildman–Crippen LogP) is 5.35. The van der Waals surface area contributed by atoms with Crippen LogP contribution in [-0.2, 0) is 9.59 Å². The molecule has 0 bridgehead atoms. The first kappa shape index (κ1) is 21.4. The molecule has 1 atom stereocenters. The van der Waals surface area contributed by atoms with Gasteiger partial charge in [0.05, 0.1) is 12.7 Å². The number of furan rings is 1. The first-order valence-electron chi connectivity index (χ1n) is 10.4. The van der Waals surface area contributed by atoms with Gasteiger partial charge in [-0.1, -0.05) is 32.0 Å². The molecule has 1 unspecified atom stereocenters. The monoisotopic (exact) mass is 431 g/mol. The summed E-state index contributed by atoms with van der Waals surface area (Å²) >= 11 is 0. The van der Waals surface area contributed by atoms with E-state index in [1.54, 1.807) is 68.6 Å². The number of ether oxygens (including phenoxy) is 1. The van der Waals surface area contributed by atoms with Gasteiger partial charge >= 0.3 is 0 Å². The molecule has 0 spiro atoms. The molecule has 1 saturated heterocycles. The lowest BCUT2D eigenvalue weighted by atomic mass is 9.95. The maximum absolute atomic E-state index is 13.2. The number of Topliss-reactive ketones (excluding diaryl/α,β-unsaturated/α-hetero) is 1. The molecule has 1 aromatic heterocycles. The van der Waals surface area contributed by atoms with Gasteiger partial charge in [0.15, 0.2) is 0 Å². The summed E-state index contributed by atoms with van der Waals surface area (Å²) in [6.07, 6.45) is 0. The Kier molecular flexibility index (Phi) is 5.61. The van der Waals surface area contributed by atoms with Gasteiger partial charge in [0.25, 0.3) is 11.7 Å². The van der Waals surface area contributed by atoms with E-state index in [1.807, 2.05) is 19.9 Å². The van der Waals surface area contributed by atoms with Gasteiger partial charge in [-0.2, -0.15) is 0 Å². The topological polar surface area (TPSA) is 80.0 Å². The quantitative estimate of drug-likeness (QED) is 0.335. The number of hydrogen-bond acceptors (Lipinski definition) is 5.